The highest BCUT2D eigenvalue weighted by Crippen LogP contribution is 2.58. The van der Waals surface area contributed by atoms with E-state index in [2.05, 4.69) is 30.9 Å². The van der Waals surface area contributed by atoms with Crippen LogP contribution in [0.15, 0.2) is 35.1 Å². The molecule has 3 saturated heterocycles. The monoisotopic (exact) mass is 625 g/mol. The van der Waals surface area contributed by atoms with Gasteiger partial charge in [0.1, 0.15) is 12.4 Å². The maximum atomic E-state index is 13.4. The van der Waals surface area contributed by atoms with Gasteiger partial charge >= 0.3 is 14.0 Å². The molecule has 0 spiro atoms. The summed E-state index contributed by atoms with van der Waals surface area (Å²) in [5.41, 5.74) is 6.00. The predicted molar refractivity (Wildman–Crippen MR) is 137 cm³/mol. The number of carbonyl (C=O) groups excluding carboxylic acids is 1. The van der Waals surface area contributed by atoms with E-state index in [-0.39, 0.29) is 30.7 Å². The van der Waals surface area contributed by atoms with Gasteiger partial charge in [0.2, 0.25) is 11.8 Å². The van der Waals surface area contributed by atoms with Crippen LogP contribution in [0.1, 0.15) is 38.2 Å². The number of carbonyl (C=O) groups is 1. The molecule has 0 amide bonds. The van der Waals surface area contributed by atoms with E-state index in [0.717, 1.165) is 10.0 Å². The molecule has 208 valence electrons. The Morgan fingerprint density at radius 1 is 1.33 bits per heavy atom. The third kappa shape index (κ3) is 4.77. The van der Waals surface area contributed by atoms with Crippen molar-refractivity contribution in [1.82, 2.24) is 19.5 Å². The summed E-state index contributed by atoms with van der Waals surface area (Å²) in [4.78, 5) is 24.9. The molecular weight excluding hydrogens is 601 g/mol. The van der Waals surface area contributed by atoms with Crippen LogP contribution in [-0.4, -0.2) is 63.3 Å². The molecular formula is C23H25BrN5O9P. The molecule has 0 radical (unpaired) electrons. The molecule has 2 aromatic heterocycles. The Labute approximate surface area is 230 Å². The number of fused-ring (bicyclic) bond motifs is 2. The number of phosphoric ester groups is 1. The summed E-state index contributed by atoms with van der Waals surface area (Å²) in [5, 5.41) is 0. The minimum absolute atomic E-state index is 0.00658. The topological polar surface area (TPSA) is 168 Å². The van der Waals surface area contributed by atoms with E-state index in [1.165, 1.54) is 6.33 Å². The summed E-state index contributed by atoms with van der Waals surface area (Å²) in [6.07, 6.45) is -2.14. The van der Waals surface area contributed by atoms with Gasteiger partial charge in [-0.3, -0.25) is 18.1 Å². The number of nitrogen functional groups attached to an aromatic ring is 1. The largest absolute Gasteiger partial charge is 0.509 e. The minimum Gasteiger partial charge on any atom is -0.476 e. The molecule has 16 heteroatoms. The first-order valence-electron chi connectivity index (χ1n) is 12.2. The first kappa shape index (κ1) is 26.4. The highest BCUT2D eigenvalue weighted by atomic mass is 79.9. The van der Waals surface area contributed by atoms with E-state index in [1.807, 2.05) is 24.3 Å². The van der Waals surface area contributed by atoms with Crippen molar-refractivity contribution < 1.29 is 41.9 Å². The van der Waals surface area contributed by atoms with Crippen molar-refractivity contribution in [3.63, 3.8) is 0 Å². The van der Waals surface area contributed by atoms with Gasteiger partial charge in [0, 0.05) is 10.9 Å². The molecule has 0 saturated carbocycles. The molecule has 6 rings (SSSR count). The zero-order chi connectivity index (χ0) is 27.4. The summed E-state index contributed by atoms with van der Waals surface area (Å²) >= 11 is 3.44. The Morgan fingerprint density at radius 2 is 2.18 bits per heavy atom. The predicted octanol–water partition coefficient (Wildman–Crippen LogP) is 4.06. The molecule has 3 fully saturated rings. The van der Waals surface area contributed by atoms with Crippen LogP contribution in [0.3, 0.4) is 0 Å². The number of halogens is 1. The average molecular weight is 626 g/mol. The lowest BCUT2D eigenvalue weighted by Gasteiger charge is -2.30. The lowest BCUT2D eigenvalue weighted by Crippen LogP contribution is -2.42. The lowest BCUT2D eigenvalue weighted by atomic mass is 9.96. The average Bonchev–Trinajstić information content (AvgIpc) is 3.52. The van der Waals surface area contributed by atoms with Crippen molar-refractivity contribution >= 4 is 47.0 Å². The molecule has 0 aliphatic carbocycles. The van der Waals surface area contributed by atoms with Gasteiger partial charge in [-0.25, -0.2) is 14.3 Å². The number of ether oxygens (including phenoxy) is 4. The van der Waals surface area contributed by atoms with Crippen LogP contribution < -0.4 is 10.5 Å². The summed E-state index contributed by atoms with van der Waals surface area (Å²) in [5.74, 6) is 0.186. The molecule has 6 atom stereocenters. The van der Waals surface area contributed by atoms with Crippen molar-refractivity contribution in [2.75, 3.05) is 25.6 Å². The number of hydrogen-bond acceptors (Lipinski definition) is 13. The van der Waals surface area contributed by atoms with Gasteiger partial charge in [-0.15, -0.1) is 0 Å². The Balaban J connectivity index is 1.25. The molecule has 0 unspecified atom stereocenters. The van der Waals surface area contributed by atoms with Crippen molar-refractivity contribution in [3.8, 4) is 5.88 Å². The molecule has 3 aliphatic heterocycles. The first-order valence-corrected chi connectivity index (χ1v) is 14.5. The third-order valence-electron chi connectivity index (χ3n) is 6.67. The lowest BCUT2D eigenvalue weighted by molar-refractivity contribution is -0.0924. The Kier molecular flexibility index (Phi) is 6.76. The van der Waals surface area contributed by atoms with Crippen LogP contribution in [0.5, 0.6) is 5.88 Å². The second-order valence-corrected chi connectivity index (χ2v) is 11.8. The first-order chi connectivity index (χ1) is 18.7. The molecule has 14 nitrogen and oxygen atoms in total. The number of hydrogen-bond donors (Lipinski definition) is 1. The summed E-state index contributed by atoms with van der Waals surface area (Å²) in [6, 6.07) is 7.51. The summed E-state index contributed by atoms with van der Waals surface area (Å²) in [7, 11) is -3.97. The second-order valence-electron chi connectivity index (χ2n) is 9.26. The molecule has 39 heavy (non-hydrogen) atoms. The van der Waals surface area contributed by atoms with E-state index in [1.54, 1.807) is 18.4 Å². The summed E-state index contributed by atoms with van der Waals surface area (Å²) in [6.45, 7) is 3.67. The van der Waals surface area contributed by atoms with Gasteiger partial charge in [-0.05, 0) is 31.5 Å². The zero-order valence-corrected chi connectivity index (χ0v) is 23.4. The number of anilines is 1. The fourth-order valence-electron chi connectivity index (χ4n) is 4.98. The van der Waals surface area contributed by atoms with Gasteiger partial charge in [0.15, 0.2) is 29.1 Å². The number of nitrogens with zero attached hydrogens (tertiary/aromatic N) is 4. The number of phosphoric acid groups is 1. The molecule has 2 N–H and O–H groups in total. The molecule has 3 aliphatic rings. The normalized spacial score (nSPS) is 32.1. The Hall–Kier alpha value is -2.81. The fraction of sp³-hybridized carbons (Fsp3) is 0.478. The maximum absolute atomic E-state index is 13.4. The van der Waals surface area contributed by atoms with Crippen molar-refractivity contribution in [1.29, 1.82) is 0 Å². The van der Waals surface area contributed by atoms with Gasteiger partial charge < -0.3 is 24.7 Å². The highest BCUT2D eigenvalue weighted by molar-refractivity contribution is 9.10. The maximum Gasteiger partial charge on any atom is 0.509 e. The van der Waals surface area contributed by atoms with Crippen LogP contribution in [0, 0.1) is 0 Å². The van der Waals surface area contributed by atoms with E-state index in [4.69, 9.17) is 38.3 Å². The summed E-state index contributed by atoms with van der Waals surface area (Å²) < 4.78 is 55.7. The van der Waals surface area contributed by atoms with E-state index >= 15 is 0 Å². The number of benzene rings is 1. The van der Waals surface area contributed by atoms with E-state index in [9.17, 15) is 9.36 Å². The van der Waals surface area contributed by atoms with Crippen molar-refractivity contribution in [2.45, 2.75) is 50.4 Å². The number of nitrogens with two attached hydrogens (primary N) is 1. The van der Waals surface area contributed by atoms with Crippen LogP contribution >= 0.6 is 23.8 Å². The molecule has 5 heterocycles. The van der Waals surface area contributed by atoms with E-state index in [0.29, 0.717) is 18.5 Å². The Bertz CT molecular complexity index is 1470. The van der Waals surface area contributed by atoms with Gasteiger partial charge in [-0.2, -0.15) is 9.97 Å². The van der Waals surface area contributed by atoms with Crippen LogP contribution in [0.4, 0.5) is 10.7 Å². The van der Waals surface area contributed by atoms with Gasteiger partial charge in [0.25, 0.3) is 0 Å². The third-order valence-corrected chi connectivity index (χ3v) is 8.64. The highest BCUT2D eigenvalue weighted by Gasteiger charge is 2.64. The number of aromatic nitrogens is 4. The van der Waals surface area contributed by atoms with Gasteiger partial charge in [-0.1, -0.05) is 28.1 Å². The number of rotatable bonds is 7. The standard InChI is InChI=1S/C23H25BrN5O9P/c1-3-32-19-16-18(27-21(25)28-19)26-11-29(16)20-23(2)17(36-22(30)37-23)15(35-20)10-34-39(31)33-8-7-14(38-39)12-5-4-6-13(24)9-12/h4-6,9,11,14-15,17,20H,3,7-8,10H2,1-2H3,(H2,25,27,28)/t14-,15+,17+,20+,23+,39+/m0/s1. The molecule has 3 aromatic rings. The SMILES string of the molecule is CCOc1nc(N)nc2ncn([C@@H]3O[C@H](CO[P@@]4(=O)OCC[C@@H](c5cccc(Br)c5)O4)[C@H]4OC(=O)O[C@]43C)c12. The van der Waals surface area contributed by atoms with Crippen LogP contribution in [-0.2, 0) is 32.3 Å². The van der Waals surface area contributed by atoms with Gasteiger partial charge in [0.05, 0.1) is 25.9 Å². The quantitative estimate of drug-likeness (QED) is 0.295. The number of imidazole rings is 1. The second kappa shape index (κ2) is 9.98. The molecule has 1 aromatic carbocycles. The fourth-order valence-corrected chi connectivity index (χ4v) is 6.79. The minimum atomic E-state index is -3.97. The molecule has 0 bridgehead atoms. The van der Waals surface area contributed by atoms with Crippen molar-refractivity contribution in [2.24, 2.45) is 0 Å². The van der Waals surface area contributed by atoms with E-state index < -0.39 is 44.1 Å². The van der Waals surface area contributed by atoms with Crippen LogP contribution in [0.25, 0.3) is 11.2 Å². The van der Waals surface area contributed by atoms with Crippen LogP contribution in [0.2, 0.25) is 0 Å². The van der Waals surface area contributed by atoms with Crippen molar-refractivity contribution in [3.05, 3.63) is 40.6 Å². The smallest absolute Gasteiger partial charge is 0.476 e. The Morgan fingerprint density at radius 3 is 2.97 bits per heavy atom. The zero-order valence-electron chi connectivity index (χ0n) is 20.9.